The molecule has 0 radical (unpaired) electrons. The highest BCUT2D eigenvalue weighted by atomic mass is 32.2. The first-order chi connectivity index (χ1) is 11.6. The Morgan fingerprint density at radius 3 is 3.04 bits per heavy atom. The van der Waals surface area contributed by atoms with E-state index >= 15 is 0 Å². The van der Waals surface area contributed by atoms with Gasteiger partial charge >= 0.3 is 0 Å². The Morgan fingerprint density at radius 2 is 2.25 bits per heavy atom. The van der Waals surface area contributed by atoms with Crippen molar-refractivity contribution >= 4 is 45.6 Å². The molecular weight excluding hydrogens is 344 g/mol. The first-order valence-corrected chi connectivity index (χ1v) is 9.57. The Hall–Kier alpha value is -1.93. The molecule has 24 heavy (non-hydrogen) atoms. The molecule has 1 aromatic heterocycles. The minimum atomic E-state index is -0.212. The third-order valence-electron chi connectivity index (χ3n) is 3.75. The van der Waals surface area contributed by atoms with Gasteiger partial charge < -0.3 is 10.6 Å². The largest absolute Gasteiger partial charge is 0.360 e. The van der Waals surface area contributed by atoms with Crippen LogP contribution in [0.3, 0.4) is 0 Å². The number of ketones is 1. The molecule has 1 aliphatic heterocycles. The van der Waals surface area contributed by atoms with E-state index in [0.29, 0.717) is 11.3 Å². The van der Waals surface area contributed by atoms with Crippen molar-refractivity contribution in [2.75, 3.05) is 22.9 Å². The van der Waals surface area contributed by atoms with Crippen LogP contribution in [0, 0.1) is 0 Å². The predicted octanol–water partition coefficient (Wildman–Crippen LogP) is 3.39. The molecule has 1 amide bonds. The zero-order valence-electron chi connectivity index (χ0n) is 13.5. The van der Waals surface area contributed by atoms with Crippen molar-refractivity contribution < 1.29 is 9.59 Å². The van der Waals surface area contributed by atoms with Gasteiger partial charge in [0, 0.05) is 17.8 Å². The van der Waals surface area contributed by atoms with Crippen LogP contribution in [0.1, 0.15) is 42.1 Å². The summed E-state index contributed by atoms with van der Waals surface area (Å²) >= 11 is 2.84. The number of amides is 1. The fraction of sp³-hybridized carbons (Fsp3) is 0.375. The number of fused-ring (bicyclic) bond motifs is 1. The van der Waals surface area contributed by atoms with Crippen LogP contribution in [0.25, 0.3) is 0 Å². The van der Waals surface area contributed by atoms with Crippen LogP contribution in [0.4, 0.5) is 10.8 Å². The number of benzene rings is 1. The summed E-state index contributed by atoms with van der Waals surface area (Å²) in [5.41, 5.74) is 2.31. The Bertz CT molecular complexity index is 775. The van der Waals surface area contributed by atoms with E-state index in [1.54, 1.807) is 12.1 Å². The maximum Gasteiger partial charge on any atom is 0.231 e. The van der Waals surface area contributed by atoms with Crippen LogP contribution < -0.4 is 10.6 Å². The van der Waals surface area contributed by atoms with Gasteiger partial charge in [-0.2, -0.15) is 0 Å². The van der Waals surface area contributed by atoms with Crippen LogP contribution in [-0.2, 0) is 4.79 Å². The third-order valence-corrected chi connectivity index (χ3v) is 5.76. The second kappa shape index (κ2) is 7.31. The summed E-state index contributed by atoms with van der Waals surface area (Å²) < 4.78 is 0.772. The minimum Gasteiger partial charge on any atom is -0.360 e. The number of thioether (sulfide) groups is 1. The third kappa shape index (κ3) is 3.59. The predicted molar refractivity (Wildman–Crippen MR) is 97.2 cm³/mol. The summed E-state index contributed by atoms with van der Waals surface area (Å²) in [7, 11) is 0. The van der Waals surface area contributed by atoms with Crippen molar-refractivity contribution in [3.63, 3.8) is 0 Å². The van der Waals surface area contributed by atoms with Crippen LogP contribution in [-0.4, -0.2) is 34.2 Å². The number of carbonyl (C=O) groups excluding carboxylic acids is 2. The number of hydrogen-bond acceptors (Lipinski definition) is 7. The Morgan fingerprint density at radius 1 is 1.42 bits per heavy atom. The number of anilines is 2. The lowest BCUT2D eigenvalue weighted by Crippen LogP contribution is -2.08. The summed E-state index contributed by atoms with van der Waals surface area (Å²) in [6.07, 6.45) is 1.02. The molecule has 1 aromatic carbocycles. The molecular formula is C16H18N4O2S2. The zero-order chi connectivity index (χ0) is 17.1. The van der Waals surface area contributed by atoms with E-state index in [9.17, 15) is 9.59 Å². The fourth-order valence-electron chi connectivity index (χ4n) is 2.37. The zero-order valence-corrected chi connectivity index (χ0v) is 15.1. The molecule has 3 rings (SSSR count). The van der Waals surface area contributed by atoms with Gasteiger partial charge in [0.1, 0.15) is 0 Å². The van der Waals surface area contributed by atoms with Crippen LogP contribution in [0.2, 0.25) is 0 Å². The molecule has 1 atom stereocenters. The van der Waals surface area contributed by atoms with Gasteiger partial charge in [-0.3, -0.25) is 9.59 Å². The number of nitrogens with one attached hydrogen (secondary N) is 2. The van der Waals surface area contributed by atoms with Crippen molar-refractivity contribution in [2.24, 2.45) is 0 Å². The molecule has 0 unspecified atom stereocenters. The molecule has 126 valence electrons. The van der Waals surface area contributed by atoms with Gasteiger partial charge in [0.05, 0.1) is 11.7 Å². The van der Waals surface area contributed by atoms with Gasteiger partial charge in [-0.25, -0.2) is 0 Å². The molecule has 0 fully saturated rings. The van der Waals surface area contributed by atoms with Gasteiger partial charge in [-0.15, -0.1) is 10.2 Å². The van der Waals surface area contributed by atoms with Crippen LogP contribution in [0.15, 0.2) is 22.5 Å². The fourth-order valence-corrected chi connectivity index (χ4v) is 4.04. The SMILES string of the molecule is CCCNc1nnc(SCC(=O)c2ccc3c(c2)[C@@H](C)C(=O)N3)s1. The highest BCUT2D eigenvalue weighted by molar-refractivity contribution is 8.01. The molecule has 2 N–H and O–H groups in total. The lowest BCUT2D eigenvalue weighted by atomic mass is 9.99. The number of Topliss-reactive ketones (excluding diaryl/α,β-unsaturated/α-hetero) is 1. The van der Waals surface area contributed by atoms with Crippen LogP contribution >= 0.6 is 23.1 Å². The standard InChI is InChI=1S/C16H18N4O2S2/c1-3-6-17-15-19-20-16(24-15)23-8-13(21)10-4-5-12-11(7-10)9(2)14(22)18-12/h4-5,7,9H,3,6,8H2,1-2H3,(H,17,19)(H,18,22)/t9-/m1/s1. The summed E-state index contributed by atoms with van der Waals surface area (Å²) in [5.74, 6) is 0.0880. The molecule has 2 heterocycles. The van der Waals surface area contributed by atoms with E-state index in [4.69, 9.17) is 0 Å². The first kappa shape index (κ1) is 16.9. The smallest absolute Gasteiger partial charge is 0.231 e. The van der Waals surface area contributed by atoms with E-state index in [1.165, 1.54) is 23.1 Å². The van der Waals surface area contributed by atoms with Gasteiger partial charge in [0.15, 0.2) is 10.1 Å². The normalized spacial score (nSPS) is 15.9. The van der Waals surface area contributed by atoms with Crippen molar-refractivity contribution in [3.05, 3.63) is 29.3 Å². The average Bonchev–Trinajstić information content (AvgIpc) is 3.15. The lowest BCUT2D eigenvalue weighted by molar-refractivity contribution is -0.116. The van der Waals surface area contributed by atoms with Gasteiger partial charge in [-0.05, 0) is 37.1 Å². The van der Waals surface area contributed by atoms with E-state index in [0.717, 1.165) is 33.7 Å². The molecule has 1 aliphatic rings. The summed E-state index contributed by atoms with van der Waals surface area (Å²) in [4.78, 5) is 24.1. The highest BCUT2D eigenvalue weighted by Gasteiger charge is 2.27. The second-order valence-corrected chi connectivity index (χ2v) is 7.72. The minimum absolute atomic E-state index is 0.0209. The Balaban J connectivity index is 1.62. The van der Waals surface area contributed by atoms with Crippen molar-refractivity contribution in [1.29, 1.82) is 0 Å². The molecule has 0 spiro atoms. The van der Waals surface area contributed by atoms with Gasteiger partial charge in [0.2, 0.25) is 11.0 Å². The first-order valence-electron chi connectivity index (χ1n) is 7.76. The summed E-state index contributed by atoms with van der Waals surface area (Å²) in [6, 6.07) is 5.37. The highest BCUT2D eigenvalue weighted by Crippen LogP contribution is 2.33. The number of rotatable bonds is 7. The van der Waals surface area contributed by atoms with Crippen molar-refractivity contribution in [3.8, 4) is 0 Å². The number of nitrogens with zero attached hydrogens (tertiary/aromatic N) is 2. The summed E-state index contributed by atoms with van der Waals surface area (Å²) in [6.45, 7) is 4.79. The topological polar surface area (TPSA) is 84.0 Å². The molecule has 0 aliphatic carbocycles. The van der Waals surface area contributed by atoms with Gasteiger partial charge in [-0.1, -0.05) is 30.0 Å². The van der Waals surface area contributed by atoms with E-state index in [2.05, 4.69) is 27.8 Å². The maximum absolute atomic E-state index is 12.4. The molecule has 0 saturated heterocycles. The number of aromatic nitrogens is 2. The van der Waals surface area contributed by atoms with Crippen LogP contribution in [0.5, 0.6) is 0 Å². The second-order valence-electron chi connectivity index (χ2n) is 5.52. The van der Waals surface area contributed by atoms with E-state index in [-0.39, 0.29) is 17.6 Å². The molecule has 8 heteroatoms. The molecule has 6 nitrogen and oxygen atoms in total. The van der Waals surface area contributed by atoms with E-state index in [1.807, 2.05) is 13.0 Å². The quantitative estimate of drug-likeness (QED) is 0.580. The van der Waals surface area contributed by atoms with Crippen molar-refractivity contribution in [2.45, 2.75) is 30.5 Å². The lowest BCUT2D eigenvalue weighted by Gasteiger charge is -2.04. The van der Waals surface area contributed by atoms with E-state index < -0.39 is 0 Å². The monoisotopic (exact) mass is 362 g/mol. The molecule has 2 aromatic rings. The number of hydrogen-bond donors (Lipinski definition) is 2. The average molecular weight is 362 g/mol. The molecule has 0 saturated carbocycles. The van der Waals surface area contributed by atoms with Gasteiger partial charge in [0.25, 0.3) is 0 Å². The Labute approximate surface area is 148 Å². The maximum atomic E-state index is 12.4. The number of carbonyl (C=O) groups is 2. The van der Waals surface area contributed by atoms with Crippen molar-refractivity contribution in [1.82, 2.24) is 10.2 Å². The Kier molecular flexibility index (Phi) is 5.15. The molecule has 0 bridgehead atoms. The summed E-state index contributed by atoms with van der Waals surface area (Å²) in [5, 5.41) is 14.9.